The maximum absolute atomic E-state index is 13.1. The number of aryl methyl sites for hydroxylation is 1. The highest BCUT2D eigenvalue weighted by molar-refractivity contribution is 6.08. The molecule has 4 heteroatoms. The number of amides is 1. The molecule has 1 N–H and O–H groups in total. The summed E-state index contributed by atoms with van der Waals surface area (Å²) in [5.41, 5.74) is 3.63. The average molecular weight is 323 g/mol. The highest BCUT2D eigenvalue weighted by Crippen LogP contribution is 2.38. The minimum atomic E-state index is 0.134. The number of nitrogens with zero attached hydrogens (tertiary/aromatic N) is 2. The van der Waals surface area contributed by atoms with E-state index >= 15 is 0 Å². The first-order valence-electron chi connectivity index (χ1n) is 9.42. The van der Waals surface area contributed by atoms with Crippen molar-refractivity contribution in [1.82, 2.24) is 14.8 Å². The Hall–Kier alpha value is -1.81. The monoisotopic (exact) mass is 323 g/mol. The summed E-state index contributed by atoms with van der Waals surface area (Å²) in [5.74, 6) is 0.134. The summed E-state index contributed by atoms with van der Waals surface area (Å²) in [5, 5.41) is 4.44. The highest BCUT2D eigenvalue weighted by atomic mass is 16.1. The summed E-state index contributed by atoms with van der Waals surface area (Å²) in [4.78, 5) is 15.7. The third-order valence-corrected chi connectivity index (χ3v) is 6.49. The highest BCUT2D eigenvalue weighted by Gasteiger charge is 2.44. The molecule has 126 valence electrons. The molecule has 1 aromatic carbocycles. The van der Waals surface area contributed by atoms with Crippen molar-refractivity contribution in [2.75, 3.05) is 19.6 Å². The summed E-state index contributed by atoms with van der Waals surface area (Å²) in [6, 6.07) is 8.37. The van der Waals surface area contributed by atoms with Crippen molar-refractivity contribution in [2.24, 2.45) is 0 Å². The van der Waals surface area contributed by atoms with Gasteiger partial charge in [0, 0.05) is 35.2 Å². The Bertz CT molecular complexity index is 797. The van der Waals surface area contributed by atoms with Gasteiger partial charge in [-0.15, -0.1) is 0 Å². The van der Waals surface area contributed by atoms with E-state index in [9.17, 15) is 4.79 Å². The van der Waals surface area contributed by atoms with Crippen LogP contribution in [-0.2, 0) is 13.0 Å². The molecule has 2 saturated heterocycles. The fourth-order valence-electron chi connectivity index (χ4n) is 5.38. The Labute approximate surface area is 142 Å². The maximum atomic E-state index is 13.1. The van der Waals surface area contributed by atoms with Crippen molar-refractivity contribution < 1.29 is 4.79 Å². The molecule has 3 aliphatic rings. The summed E-state index contributed by atoms with van der Waals surface area (Å²) in [6.45, 7) is 4.27. The summed E-state index contributed by atoms with van der Waals surface area (Å²) < 4.78 is 2.35. The Morgan fingerprint density at radius 1 is 1.08 bits per heavy atom. The zero-order valence-electron chi connectivity index (χ0n) is 14.2. The smallest absolute Gasteiger partial charge is 0.253 e. The van der Waals surface area contributed by atoms with Gasteiger partial charge in [0.1, 0.15) is 0 Å². The number of rotatable bonds is 3. The van der Waals surface area contributed by atoms with E-state index in [0.29, 0.717) is 0 Å². The van der Waals surface area contributed by atoms with Crippen LogP contribution in [0.3, 0.4) is 0 Å². The number of para-hydroxylation sites is 1. The topological polar surface area (TPSA) is 37.3 Å². The van der Waals surface area contributed by atoms with E-state index in [2.05, 4.69) is 33.0 Å². The maximum Gasteiger partial charge on any atom is 0.253 e. The molecule has 1 amide bonds. The molecular weight excluding hydrogens is 298 g/mol. The second-order valence-electron chi connectivity index (χ2n) is 7.70. The van der Waals surface area contributed by atoms with Crippen LogP contribution in [0.1, 0.15) is 48.2 Å². The predicted octanol–water partition coefficient (Wildman–Crippen LogP) is 2.95. The number of aromatic nitrogens is 1. The first kappa shape index (κ1) is 14.5. The van der Waals surface area contributed by atoms with E-state index in [-0.39, 0.29) is 11.4 Å². The zero-order valence-corrected chi connectivity index (χ0v) is 14.2. The molecule has 0 radical (unpaired) electrons. The van der Waals surface area contributed by atoms with Gasteiger partial charge in [0.15, 0.2) is 0 Å². The van der Waals surface area contributed by atoms with Gasteiger partial charge >= 0.3 is 0 Å². The normalized spacial score (nSPS) is 22.0. The van der Waals surface area contributed by atoms with Gasteiger partial charge < -0.3 is 9.88 Å². The van der Waals surface area contributed by atoms with Crippen molar-refractivity contribution in [2.45, 2.75) is 50.6 Å². The van der Waals surface area contributed by atoms with E-state index in [4.69, 9.17) is 0 Å². The molecule has 0 bridgehead atoms. The molecule has 2 fully saturated rings. The van der Waals surface area contributed by atoms with Gasteiger partial charge in [-0.05, 0) is 57.7 Å². The van der Waals surface area contributed by atoms with Crippen LogP contribution in [0, 0.1) is 0 Å². The van der Waals surface area contributed by atoms with Gasteiger partial charge in [-0.25, -0.2) is 0 Å². The average Bonchev–Trinajstić information content (AvgIpc) is 3.32. The standard InChI is InChI=1S/C20H25N3O/c24-19(21-14-20-9-4-11-22(20)12-5-10-20)18-15-6-1-2-7-16(15)23-13-3-8-17(18)23/h1-2,6-7H,3-5,8-14H2,(H,21,24). The van der Waals surface area contributed by atoms with Gasteiger partial charge in [-0.2, -0.15) is 0 Å². The molecule has 24 heavy (non-hydrogen) atoms. The molecule has 0 unspecified atom stereocenters. The molecular formula is C20H25N3O. The third kappa shape index (κ3) is 1.99. The fraction of sp³-hybridized carbons (Fsp3) is 0.550. The first-order valence-corrected chi connectivity index (χ1v) is 9.42. The number of nitrogens with one attached hydrogen (secondary N) is 1. The first-order chi connectivity index (χ1) is 11.8. The van der Waals surface area contributed by atoms with E-state index in [1.807, 2.05) is 6.07 Å². The van der Waals surface area contributed by atoms with Gasteiger partial charge in [0.05, 0.1) is 5.56 Å². The minimum Gasteiger partial charge on any atom is -0.350 e. The van der Waals surface area contributed by atoms with Gasteiger partial charge in [0.25, 0.3) is 5.91 Å². The van der Waals surface area contributed by atoms with Crippen LogP contribution in [0.2, 0.25) is 0 Å². The predicted molar refractivity (Wildman–Crippen MR) is 95.4 cm³/mol. The molecule has 4 heterocycles. The molecule has 0 aliphatic carbocycles. The molecule has 3 aliphatic heterocycles. The second kappa shape index (κ2) is 5.35. The molecule has 2 aromatic rings. The lowest BCUT2D eigenvalue weighted by atomic mass is 9.94. The molecule has 5 rings (SSSR count). The number of hydrogen-bond donors (Lipinski definition) is 1. The van der Waals surface area contributed by atoms with Crippen molar-refractivity contribution >= 4 is 16.8 Å². The Kier molecular flexibility index (Phi) is 3.24. The number of carbonyl (C=O) groups excluding carboxylic acids is 1. The van der Waals surface area contributed by atoms with E-state index in [1.165, 1.54) is 50.0 Å². The number of hydrogen-bond acceptors (Lipinski definition) is 2. The Morgan fingerprint density at radius 3 is 2.71 bits per heavy atom. The van der Waals surface area contributed by atoms with Crippen molar-refractivity contribution in [3.05, 3.63) is 35.5 Å². The molecule has 1 aromatic heterocycles. The van der Waals surface area contributed by atoms with Gasteiger partial charge in [-0.1, -0.05) is 18.2 Å². The lowest BCUT2D eigenvalue weighted by Gasteiger charge is -2.32. The summed E-state index contributed by atoms with van der Waals surface area (Å²) >= 11 is 0. The number of carbonyl (C=O) groups is 1. The van der Waals surface area contributed by atoms with E-state index < -0.39 is 0 Å². The van der Waals surface area contributed by atoms with Crippen LogP contribution in [0.4, 0.5) is 0 Å². The largest absolute Gasteiger partial charge is 0.350 e. The van der Waals surface area contributed by atoms with Crippen LogP contribution in [-0.4, -0.2) is 40.5 Å². The lowest BCUT2D eigenvalue weighted by Crippen LogP contribution is -2.48. The lowest BCUT2D eigenvalue weighted by molar-refractivity contribution is 0.0920. The molecule has 0 atom stereocenters. The van der Waals surface area contributed by atoms with Gasteiger partial charge in [-0.3, -0.25) is 9.69 Å². The fourth-order valence-corrected chi connectivity index (χ4v) is 5.38. The van der Waals surface area contributed by atoms with Crippen LogP contribution in [0.25, 0.3) is 10.9 Å². The van der Waals surface area contributed by atoms with Crippen LogP contribution in [0.15, 0.2) is 24.3 Å². The summed E-state index contributed by atoms with van der Waals surface area (Å²) in [7, 11) is 0. The SMILES string of the molecule is O=C(NCC12CCCN1CCC2)c1c2n(c3ccccc13)CCC2. The molecule has 0 saturated carbocycles. The minimum absolute atomic E-state index is 0.134. The van der Waals surface area contributed by atoms with E-state index in [0.717, 1.165) is 36.9 Å². The molecule has 4 nitrogen and oxygen atoms in total. The van der Waals surface area contributed by atoms with Crippen LogP contribution < -0.4 is 5.32 Å². The Morgan fingerprint density at radius 2 is 1.88 bits per heavy atom. The number of fused-ring (bicyclic) bond motifs is 4. The third-order valence-electron chi connectivity index (χ3n) is 6.49. The van der Waals surface area contributed by atoms with E-state index in [1.54, 1.807) is 0 Å². The quantitative estimate of drug-likeness (QED) is 0.943. The van der Waals surface area contributed by atoms with Crippen LogP contribution in [0.5, 0.6) is 0 Å². The Balaban J connectivity index is 1.45. The van der Waals surface area contributed by atoms with Crippen molar-refractivity contribution in [3.63, 3.8) is 0 Å². The van der Waals surface area contributed by atoms with Crippen molar-refractivity contribution in [3.8, 4) is 0 Å². The molecule has 0 spiro atoms. The second-order valence-corrected chi connectivity index (χ2v) is 7.70. The number of benzene rings is 1. The van der Waals surface area contributed by atoms with Gasteiger partial charge in [0.2, 0.25) is 0 Å². The van der Waals surface area contributed by atoms with Crippen LogP contribution >= 0.6 is 0 Å². The summed E-state index contributed by atoms with van der Waals surface area (Å²) in [6.07, 6.45) is 7.21. The van der Waals surface area contributed by atoms with Crippen molar-refractivity contribution in [1.29, 1.82) is 0 Å². The zero-order chi connectivity index (χ0) is 16.1.